The van der Waals surface area contributed by atoms with E-state index in [1.165, 1.54) is 24.3 Å². The molecule has 2 aromatic rings. The van der Waals surface area contributed by atoms with Gasteiger partial charge in [0.25, 0.3) is 5.91 Å². The number of carbonyl (C=O) groups excluding carboxylic acids is 2. The predicted molar refractivity (Wildman–Crippen MR) is 93.6 cm³/mol. The Morgan fingerprint density at radius 1 is 1.15 bits per heavy atom. The number of hydrogen-bond donors (Lipinski definition) is 0. The van der Waals surface area contributed by atoms with Gasteiger partial charge in [-0.25, -0.2) is 4.39 Å². The molecule has 26 heavy (non-hydrogen) atoms. The number of hydrogen-bond acceptors (Lipinski definition) is 3. The Hall–Kier alpha value is -2.76. The molecule has 0 radical (unpaired) electrons. The second-order valence-electron chi connectivity index (χ2n) is 7.10. The van der Waals surface area contributed by atoms with Gasteiger partial charge in [0, 0.05) is 44.1 Å². The van der Waals surface area contributed by atoms with E-state index in [4.69, 9.17) is 0 Å². The van der Waals surface area contributed by atoms with Crippen LogP contribution in [0.15, 0.2) is 48.8 Å². The summed E-state index contributed by atoms with van der Waals surface area (Å²) in [5.41, 5.74) is 0.994. The van der Waals surface area contributed by atoms with E-state index in [0.29, 0.717) is 38.2 Å². The van der Waals surface area contributed by atoms with Crippen molar-refractivity contribution >= 4 is 11.8 Å². The lowest BCUT2D eigenvalue weighted by atomic mass is 9.85. The van der Waals surface area contributed by atoms with Gasteiger partial charge in [0.1, 0.15) is 5.82 Å². The second kappa shape index (κ2) is 6.52. The van der Waals surface area contributed by atoms with E-state index in [0.717, 1.165) is 12.0 Å². The Kier molecular flexibility index (Phi) is 4.18. The van der Waals surface area contributed by atoms with Crippen molar-refractivity contribution in [2.75, 3.05) is 19.6 Å². The average molecular weight is 353 g/mol. The first-order chi connectivity index (χ1) is 12.6. The monoisotopic (exact) mass is 353 g/mol. The summed E-state index contributed by atoms with van der Waals surface area (Å²) in [6, 6.07) is 9.39. The smallest absolute Gasteiger partial charge is 0.253 e. The highest BCUT2D eigenvalue weighted by Gasteiger charge is 2.51. The summed E-state index contributed by atoms with van der Waals surface area (Å²) >= 11 is 0. The van der Waals surface area contributed by atoms with Crippen LogP contribution >= 0.6 is 0 Å². The Labute approximate surface area is 151 Å². The lowest BCUT2D eigenvalue weighted by molar-refractivity contribution is -0.135. The van der Waals surface area contributed by atoms with Crippen LogP contribution in [0.1, 0.15) is 28.8 Å². The van der Waals surface area contributed by atoms with Gasteiger partial charge in [-0.2, -0.15) is 0 Å². The normalized spacial score (nSPS) is 22.4. The number of halogens is 1. The van der Waals surface area contributed by atoms with Crippen molar-refractivity contribution in [3.63, 3.8) is 0 Å². The van der Waals surface area contributed by atoms with E-state index >= 15 is 0 Å². The van der Waals surface area contributed by atoms with Gasteiger partial charge in [-0.3, -0.25) is 14.6 Å². The van der Waals surface area contributed by atoms with Crippen LogP contribution in [-0.4, -0.2) is 46.2 Å². The summed E-state index contributed by atoms with van der Waals surface area (Å²) in [7, 11) is 0. The largest absolute Gasteiger partial charge is 0.338 e. The molecule has 1 spiro atoms. The molecule has 0 bridgehead atoms. The number of carbonyl (C=O) groups is 2. The lowest BCUT2D eigenvalue weighted by Crippen LogP contribution is -2.38. The van der Waals surface area contributed by atoms with Gasteiger partial charge in [-0.05, 0) is 48.7 Å². The van der Waals surface area contributed by atoms with E-state index in [9.17, 15) is 14.0 Å². The van der Waals surface area contributed by atoms with E-state index < -0.39 is 5.41 Å². The van der Waals surface area contributed by atoms with Crippen LogP contribution in [0, 0.1) is 11.2 Å². The van der Waals surface area contributed by atoms with Crippen molar-refractivity contribution in [2.45, 2.75) is 19.4 Å². The molecule has 2 aliphatic rings. The van der Waals surface area contributed by atoms with Crippen LogP contribution in [0.25, 0.3) is 0 Å². The van der Waals surface area contributed by atoms with Gasteiger partial charge < -0.3 is 9.80 Å². The number of rotatable bonds is 3. The zero-order valence-electron chi connectivity index (χ0n) is 14.4. The molecule has 1 aromatic carbocycles. The molecule has 0 unspecified atom stereocenters. The van der Waals surface area contributed by atoms with Crippen LogP contribution in [-0.2, 0) is 11.3 Å². The molecule has 4 rings (SSSR count). The van der Waals surface area contributed by atoms with Crippen molar-refractivity contribution in [1.29, 1.82) is 0 Å². The van der Waals surface area contributed by atoms with Crippen molar-refractivity contribution in [3.8, 4) is 0 Å². The molecule has 1 atom stereocenters. The quantitative estimate of drug-likeness (QED) is 0.852. The fourth-order valence-electron chi connectivity index (χ4n) is 3.96. The molecule has 5 nitrogen and oxygen atoms in total. The molecule has 2 saturated heterocycles. The molecule has 6 heteroatoms. The first kappa shape index (κ1) is 16.7. The zero-order valence-corrected chi connectivity index (χ0v) is 14.4. The third-order valence-electron chi connectivity index (χ3n) is 5.43. The van der Waals surface area contributed by atoms with E-state index in [1.54, 1.807) is 17.3 Å². The van der Waals surface area contributed by atoms with Crippen LogP contribution in [0.4, 0.5) is 4.39 Å². The molecular formula is C20H20FN3O2. The van der Waals surface area contributed by atoms with Crippen molar-refractivity contribution < 1.29 is 14.0 Å². The average Bonchev–Trinajstić information content (AvgIpc) is 3.23. The molecule has 0 aliphatic carbocycles. The predicted octanol–water partition coefficient (Wildman–Crippen LogP) is 2.49. The Morgan fingerprint density at radius 3 is 2.65 bits per heavy atom. The highest BCUT2D eigenvalue weighted by Crippen LogP contribution is 2.41. The van der Waals surface area contributed by atoms with Gasteiger partial charge in [-0.1, -0.05) is 6.07 Å². The maximum absolute atomic E-state index is 13.1. The summed E-state index contributed by atoms with van der Waals surface area (Å²) < 4.78 is 13.1. The Morgan fingerprint density at radius 2 is 1.92 bits per heavy atom. The molecule has 2 amide bonds. The van der Waals surface area contributed by atoms with Crippen LogP contribution < -0.4 is 0 Å². The molecular weight excluding hydrogens is 333 g/mol. The Bertz CT molecular complexity index is 825. The SMILES string of the molecule is O=C(c1ccc(F)cc1)N1CC[C@@]2(CCN(Cc3cccnc3)C2=O)C1. The molecule has 3 heterocycles. The molecule has 1 aromatic heterocycles. The van der Waals surface area contributed by atoms with Gasteiger partial charge in [-0.15, -0.1) is 0 Å². The first-order valence-electron chi connectivity index (χ1n) is 8.81. The summed E-state index contributed by atoms with van der Waals surface area (Å²) in [5.74, 6) is -0.382. The molecule has 0 saturated carbocycles. The zero-order chi connectivity index (χ0) is 18.1. The fourth-order valence-corrected chi connectivity index (χ4v) is 3.96. The number of nitrogens with zero attached hydrogens (tertiary/aromatic N) is 3. The summed E-state index contributed by atoms with van der Waals surface area (Å²) in [4.78, 5) is 33.3. The van der Waals surface area contributed by atoms with Gasteiger partial charge in [0.05, 0.1) is 5.41 Å². The summed E-state index contributed by atoms with van der Waals surface area (Å²) in [6.45, 7) is 2.25. The van der Waals surface area contributed by atoms with E-state index in [-0.39, 0.29) is 17.6 Å². The van der Waals surface area contributed by atoms with Crippen molar-refractivity contribution in [2.24, 2.45) is 5.41 Å². The Balaban J connectivity index is 1.45. The van der Waals surface area contributed by atoms with Crippen molar-refractivity contribution in [1.82, 2.24) is 14.8 Å². The minimum absolute atomic E-state index is 0.121. The highest BCUT2D eigenvalue weighted by molar-refractivity contribution is 5.95. The standard InChI is InChI=1S/C20H20FN3O2/c21-17-5-3-16(4-6-17)18(25)24-11-8-20(14-24)7-10-23(19(20)26)13-15-2-1-9-22-12-15/h1-6,9,12H,7-8,10-11,13-14H2/t20-/m0/s1. The number of likely N-dealkylation sites (tertiary alicyclic amines) is 2. The summed E-state index contributed by atoms with van der Waals surface area (Å²) in [6.07, 6.45) is 4.94. The van der Waals surface area contributed by atoms with Gasteiger partial charge >= 0.3 is 0 Å². The second-order valence-corrected chi connectivity index (χ2v) is 7.10. The van der Waals surface area contributed by atoms with Gasteiger partial charge in [0.2, 0.25) is 5.91 Å². The minimum atomic E-state index is -0.474. The number of amides is 2. The summed E-state index contributed by atoms with van der Waals surface area (Å²) in [5, 5.41) is 0. The van der Waals surface area contributed by atoms with E-state index in [1.807, 2.05) is 17.0 Å². The lowest BCUT2D eigenvalue weighted by Gasteiger charge is -2.23. The topological polar surface area (TPSA) is 53.5 Å². The molecule has 2 aliphatic heterocycles. The van der Waals surface area contributed by atoms with Crippen LogP contribution in [0.2, 0.25) is 0 Å². The number of aromatic nitrogens is 1. The third-order valence-corrected chi connectivity index (χ3v) is 5.43. The molecule has 0 N–H and O–H groups in total. The number of benzene rings is 1. The van der Waals surface area contributed by atoms with E-state index in [2.05, 4.69) is 4.98 Å². The maximum Gasteiger partial charge on any atom is 0.253 e. The molecule has 2 fully saturated rings. The van der Waals surface area contributed by atoms with Crippen LogP contribution in [0.3, 0.4) is 0 Å². The van der Waals surface area contributed by atoms with Gasteiger partial charge in [0.15, 0.2) is 0 Å². The third kappa shape index (κ3) is 2.96. The fraction of sp³-hybridized carbons (Fsp3) is 0.350. The van der Waals surface area contributed by atoms with Crippen LogP contribution in [0.5, 0.6) is 0 Å². The number of pyridine rings is 1. The highest BCUT2D eigenvalue weighted by atomic mass is 19.1. The molecule has 134 valence electrons. The maximum atomic E-state index is 13.1. The minimum Gasteiger partial charge on any atom is -0.338 e. The first-order valence-corrected chi connectivity index (χ1v) is 8.81. The van der Waals surface area contributed by atoms with Crippen molar-refractivity contribution in [3.05, 3.63) is 65.7 Å².